The minimum Gasteiger partial charge on any atom is -0.318 e. The first-order chi connectivity index (χ1) is 13.0. The van der Waals surface area contributed by atoms with E-state index in [0.717, 1.165) is 22.6 Å². The highest BCUT2D eigenvalue weighted by molar-refractivity contribution is 7.98. The van der Waals surface area contributed by atoms with Crippen LogP contribution in [0.5, 0.6) is 0 Å². The van der Waals surface area contributed by atoms with E-state index < -0.39 is 11.8 Å². The molecule has 1 fully saturated rings. The van der Waals surface area contributed by atoms with Crippen LogP contribution in [0, 0.1) is 6.92 Å². The van der Waals surface area contributed by atoms with Crippen LogP contribution in [0.4, 0.5) is 17.1 Å². The predicted molar refractivity (Wildman–Crippen MR) is 108 cm³/mol. The molecule has 1 aliphatic heterocycles. The molecule has 0 radical (unpaired) electrons. The molecule has 0 aliphatic carbocycles. The molecule has 3 amide bonds. The van der Waals surface area contributed by atoms with Gasteiger partial charge in [0.15, 0.2) is 0 Å². The van der Waals surface area contributed by atoms with Gasteiger partial charge in [0, 0.05) is 34.9 Å². The molecule has 0 saturated carbocycles. The summed E-state index contributed by atoms with van der Waals surface area (Å²) in [5.41, 5.74) is 2.80. The summed E-state index contributed by atoms with van der Waals surface area (Å²) in [4.78, 5) is 39.0. The smallest absolute Gasteiger partial charge is 0.314 e. The molecule has 2 aromatic rings. The molecule has 140 valence electrons. The lowest BCUT2D eigenvalue weighted by molar-refractivity contribution is -0.133. The van der Waals surface area contributed by atoms with Gasteiger partial charge in [0.1, 0.15) is 0 Å². The average Bonchev–Trinajstić information content (AvgIpc) is 3.07. The number of carbonyl (C=O) groups excluding carboxylic acids is 3. The Morgan fingerprint density at radius 2 is 1.74 bits per heavy atom. The van der Waals surface area contributed by atoms with E-state index in [2.05, 4.69) is 10.6 Å². The third-order valence-electron chi connectivity index (χ3n) is 4.35. The number of benzene rings is 2. The molecule has 27 heavy (non-hydrogen) atoms. The van der Waals surface area contributed by atoms with Crippen molar-refractivity contribution in [2.75, 3.05) is 28.3 Å². The molecule has 1 saturated heterocycles. The maximum atomic E-state index is 12.2. The molecule has 1 aliphatic rings. The molecular formula is C20H21N3O3S. The number of hydrogen-bond donors (Lipinski definition) is 2. The van der Waals surface area contributed by atoms with Crippen molar-refractivity contribution >= 4 is 46.5 Å². The van der Waals surface area contributed by atoms with Crippen molar-refractivity contribution in [1.29, 1.82) is 0 Å². The van der Waals surface area contributed by atoms with Crippen LogP contribution in [0.1, 0.15) is 18.4 Å². The molecule has 0 spiro atoms. The lowest BCUT2D eigenvalue weighted by Gasteiger charge is -2.19. The summed E-state index contributed by atoms with van der Waals surface area (Å²) in [5, 5.41) is 5.20. The normalized spacial score (nSPS) is 13.6. The van der Waals surface area contributed by atoms with Gasteiger partial charge in [-0.05, 0) is 61.6 Å². The molecule has 3 rings (SSSR count). The van der Waals surface area contributed by atoms with Crippen LogP contribution >= 0.6 is 11.8 Å². The van der Waals surface area contributed by atoms with Gasteiger partial charge < -0.3 is 15.5 Å². The number of nitrogens with one attached hydrogen (secondary N) is 2. The number of thioether (sulfide) groups is 1. The Bertz CT molecular complexity index is 898. The number of carbonyl (C=O) groups is 3. The SMILES string of the molecule is CSc1cccc(NC(=O)C(=O)Nc2ccc(N3CCCC3=O)c(C)c2)c1. The van der Waals surface area contributed by atoms with Crippen LogP contribution in [0.2, 0.25) is 0 Å². The Kier molecular flexibility index (Phi) is 5.81. The summed E-state index contributed by atoms with van der Waals surface area (Å²) in [6, 6.07) is 12.6. The lowest BCUT2D eigenvalue weighted by atomic mass is 10.1. The second-order valence-electron chi connectivity index (χ2n) is 6.29. The van der Waals surface area contributed by atoms with Crippen LogP contribution < -0.4 is 15.5 Å². The van der Waals surface area contributed by atoms with E-state index in [1.807, 2.05) is 31.4 Å². The number of amides is 3. The van der Waals surface area contributed by atoms with Gasteiger partial charge in [-0.3, -0.25) is 14.4 Å². The molecular weight excluding hydrogens is 362 g/mol. The number of anilines is 3. The van der Waals surface area contributed by atoms with Crippen molar-refractivity contribution in [2.24, 2.45) is 0 Å². The summed E-state index contributed by atoms with van der Waals surface area (Å²) in [6.45, 7) is 2.59. The van der Waals surface area contributed by atoms with Gasteiger partial charge in [-0.1, -0.05) is 6.07 Å². The van der Waals surface area contributed by atoms with Crippen LogP contribution in [0.15, 0.2) is 47.4 Å². The minimum atomic E-state index is -0.742. The molecule has 2 aromatic carbocycles. The number of rotatable bonds is 4. The Labute approximate surface area is 162 Å². The largest absolute Gasteiger partial charge is 0.318 e. The van der Waals surface area contributed by atoms with E-state index in [-0.39, 0.29) is 5.91 Å². The fraction of sp³-hybridized carbons (Fsp3) is 0.250. The first kappa shape index (κ1) is 19.0. The molecule has 0 atom stereocenters. The first-order valence-electron chi connectivity index (χ1n) is 8.65. The number of hydrogen-bond acceptors (Lipinski definition) is 4. The van der Waals surface area contributed by atoms with Gasteiger partial charge in [0.05, 0.1) is 0 Å². The quantitative estimate of drug-likeness (QED) is 0.626. The van der Waals surface area contributed by atoms with Crippen LogP contribution in [0.3, 0.4) is 0 Å². The van der Waals surface area contributed by atoms with Gasteiger partial charge in [-0.2, -0.15) is 0 Å². The van der Waals surface area contributed by atoms with Crippen LogP contribution in [0.25, 0.3) is 0 Å². The molecule has 0 aromatic heterocycles. The minimum absolute atomic E-state index is 0.113. The molecule has 2 N–H and O–H groups in total. The zero-order chi connectivity index (χ0) is 19.4. The molecule has 7 heteroatoms. The Morgan fingerprint density at radius 1 is 1.04 bits per heavy atom. The Hall–Kier alpha value is -2.80. The lowest BCUT2D eigenvalue weighted by Crippen LogP contribution is -2.29. The van der Waals surface area contributed by atoms with Crippen molar-refractivity contribution in [1.82, 2.24) is 0 Å². The maximum absolute atomic E-state index is 12.2. The Balaban J connectivity index is 1.65. The van der Waals surface area contributed by atoms with Gasteiger partial charge in [-0.25, -0.2) is 0 Å². The van der Waals surface area contributed by atoms with E-state index >= 15 is 0 Å². The highest BCUT2D eigenvalue weighted by Gasteiger charge is 2.23. The predicted octanol–water partition coefficient (Wildman–Crippen LogP) is 3.42. The fourth-order valence-electron chi connectivity index (χ4n) is 3.02. The van der Waals surface area contributed by atoms with E-state index in [1.165, 1.54) is 0 Å². The summed E-state index contributed by atoms with van der Waals surface area (Å²) in [6.07, 6.45) is 3.36. The van der Waals surface area contributed by atoms with Crippen LogP contribution in [-0.4, -0.2) is 30.5 Å². The maximum Gasteiger partial charge on any atom is 0.314 e. The summed E-state index contributed by atoms with van der Waals surface area (Å²) < 4.78 is 0. The standard InChI is InChI=1S/C20H21N3O3S/c1-13-11-15(8-9-17(13)23-10-4-7-18(23)24)22-20(26)19(25)21-14-5-3-6-16(12-14)27-2/h3,5-6,8-9,11-12H,4,7,10H2,1-2H3,(H,21,25)(H,22,26). The van der Waals surface area contributed by atoms with Gasteiger partial charge in [0.25, 0.3) is 0 Å². The first-order valence-corrected chi connectivity index (χ1v) is 9.88. The Morgan fingerprint density at radius 3 is 2.33 bits per heavy atom. The summed E-state index contributed by atoms with van der Waals surface area (Å²) in [5.74, 6) is -1.36. The van der Waals surface area contributed by atoms with E-state index in [9.17, 15) is 14.4 Å². The van der Waals surface area contributed by atoms with E-state index in [4.69, 9.17) is 0 Å². The van der Waals surface area contributed by atoms with E-state index in [1.54, 1.807) is 40.9 Å². The van der Waals surface area contributed by atoms with Crippen molar-refractivity contribution in [3.8, 4) is 0 Å². The van der Waals surface area contributed by atoms with Crippen molar-refractivity contribution in [2.45, 2.75) is 24.7 Å². The zero-order valence-corrected chi connectivity index (χ0v) is 16.1. The van der Waals surface area contributed by atoms with Crippen molar-refractivity contribution < 1.29 is 14.4 Å². The topological polar surface area (TPSA) is 78.5 Å². The zero-order valence-electron chi connectivity index (χ0n) is 15.2. The highest BCUT2D eigenvalue weighted by atomic mass is 32.2. The molecule has 6 nitrogen and oxygen atoms in total. The third kappa shape index (κ3) is 4.49. The molecule has 1 heterocycles. The summed E-state index contributed by atoms with van der Waals surface area (Å²) in [7, 11) is 0. The third-order valence-corrected chi connectivity index (χ3v) is 5.08. The summed E-state index contributed by atoms with van der Waals surface area (Å²) >= 11 is 1.55. The second-order valence-corrected chi connectivity index (χ2v) is 7.17. The molecule has 0 bridgehead atoms. The van der Waals surface area contributed by atoms with Crippen LogP contribution in [-0.2, 0) is 14.4 Å². The average molecular weight is 383 g/mol. The van der Waals surface area contributed by atoms with Crippen molar-refractivity contribution in [3.63, 3.8) is 0 Å². The van der Waals surface area contributed by atoms with Gasteiger partial charge >= 0.3 is 11.8 Å². The monoisotopic (exact) mass is 383 g/mol. The van der Waals surface area contributed by atoms with Gasteiger partial charge in [0.2, 0.25) is 5.91 Å². The number of aryl methyl sites for hydroxylation is 1. The van der Waals surface area contributed by atoms with E-state index in [0.29, 0.717) is 24.3 Å². The van der Waals surface area contributed by atoms with Crippen molar-refractivity contribution in [3.05, 3.63) is 48.0 Å². The fourth-order valence-corrected chi connectivity index (χ4v) is 3.47. The second kappa shape index (κ2) is 8.26. The highest BCUT2D eigenvalue weighted by Crippen LogP contribution is 2.27. The molecule has 0 unspecified atom stereocenters. The number of nitrogens with zero attached hydrogens (tertiary/aromatic N) is 1. The van der Waals surface area contributed by atoms with Gasteiger partial charge in [-0.15, -0.1) is 11.8 Å².